The molecule has 1 aromatic heterocycles. The van der Waals surface area contributed by atoms with Crippen molar-refractivity contribution < 1.29 is 14.3 Å². The van der Waals surface area contributed by atoms with E-state index in [4.69, 9.17) is 0 Å². The molecule has 27 heavy (non-hydrogen) atoms. The molecule has 0 aliphatic heterocycles. The number of carbonyl (C=O) groups excluding carboxylic acids is 2. The molecule has 0 radical (unpaired) electrons. The van der Waals surface area contributed by atoms with Gasteiger partial charge in [0.1, 0.15) is 6.54 Å². The molecule has 0 spiro atoms. The van der Waals surface area contributed by atoms with Gasteiger partial charge in [-0.3, -0.25) is 18.7 Å². The fourth-order valence-corrected chi connectivity index (χ4v) is 2.75. The quantitative estimate of drug-likeness (QED) is 0.697. The maximum Gasteiger partial charge on any atom is 0.337 e. The van der Waals surface area contributed by atoms with E-state index in [1.165, 1.54) is 30.9 Å². The largest absolute Gasteiger partial charge is 0.465 e. The maximum atomic E-state index is 12.4. The van der Waals surface area contributed by atoms with Crippen LogP contribution in [-0.4, -0.2) is 28.1 Å². The van der Waals surface area contributed by atoms with Gasteiger partial charge >= 0.3 is 11.7 Å². The number of benzene rings is 2. The second-order valence-corrected chi connectivity index (χ2v) is 5.87. The molecule has 2 aromatic carbocycles. The van der Waals surface area contributed by atoms with E-state index < -0.39 is 23.1 Å². The molecule has 0 aliphatic carbocycles. The van der Waals surface area contributed by atoms with Crippen LogP contribution in [0.4, 0.5) is 5.69 Å². The van der Waals surface area contributed by atoms with E-state index in [1.54, 1.807) is 36.4 Å². The molecular formula is C19H17N3O5. The number of methoxy groups -OCH3 is 1. The molecule has 3 rings (SSSR count). The molecule has 1 N–H and O–H groups in total. The molecule has 8 nitrogen and oxygen atoms in total. The van der Waals surface area contributed by atoms with Crippen molar-refractivity contribution in [1.29, 1.82) is 0 Å². The molecule has 138 valence electrons. The lowest BCUT2D eigenvalue weighted by atomic mass is 10.2. The van der Waals surface area contributed by atoms with Crippen molar-refractivity contribution in [3.05, 3.63) is 74.9 Å². The number of nitrogens with one attached hydrogen (secondary N) is 1. The van der Waals surface area contributed by atoms with Crippen LogP contribution in [0.5, 0.6) is 0 Å². The van der Waals surface area contributed by atoms with Gasteiger partial charge in [-0.15, -0.1) is 0 Å². The Balaban J connectivity index is 1.88. The molecule has 8 heteroatoms. The van der Waals surface area contributed by atoms with Crippen molar-refractivity contribution in [1.82, 2.24) is 9.13 Å². The molecule has 0 unspecified atom stereocenters. The van der Waals surface area contributed by atoms with Gasteiger partial charge in [-0.05, 0) is 36.4 Å². The molecule has 0 aliphatic rings. The highest BCUT2D eigenvalue weighted by Gasteiger charge is 2.13. The minimum atomic E-state index is -0.574. The third kappa shape index (κ3) is 3.50. The van der Waals surface area contributed by atoms with Crippen LogP contribution < -0.4 is 16.6 Å². The summed E-state index contributed by atoms with van der Waals surface area (Å²) in [6.07, 6.45) is 0. The fourth-order valence-electron chi connectivity index (χ4n) is 2.75. The number of anilines is 1. The first kappa shape index (κ1) is 18.1. The third-order valence-electron chi connectivity index (χ3n) is 4.14. The predicted octanol–water partition coefficient (Wildman–Crippen LogP) is 1.13. The van der Waals surface area contributed by atoms with Crippen LogP contribution in [0.3, 0.4) is 0 Å². The summed E-state index contributed by atoms with van der Waals surface area (Å²) in [5.41, 5.74) is 0.230. The Morgan fingerprint density at radius 2 is 1.70 bits per heavy atom. The highest BCUT2D eigenvalue weighted by Crippen LogP contribution is 2.11. The number of fused-ring (bicyclic) bond motifs is 1. The lowest BCUT2D eigenvalue weighted by Gasteiger charge is -2.12. The number of carbonyl (C=O) groups is 2. The summed E-state index contributed by atoms with van der Waals surface area (Å²) in [5.74, 6) is -0.914. The number of para-hydroxylation sites is 1. The highest BCUT2D eigenvalue weighted by atomic mass is 16.5. The number of hydrogen-bond acceptors (Lipinski definition) is 5. The third-order valence-corrected chi connectivity index (χ3v) is 4.14. The number of rotatable bonds is 4. The first-order chi connectivity index (χ1) is 12.9. The van der Waals surface area contributed by atoms with E-state index in [0.717, 1.165) is 4.57 Å². The van der Waals surface area contributed by atoms with Crippen molar-refractivity contribution in [2.45, 2.75) is 6.54 Å². The van der Waals surface area contributed by atoms with Crippen LogP contribution in [-0.2, 0) is 23.1 Å². The Morgan fingerprint density at radius 3 is 2.37 bits per heavy atom. The number of amides is 1. The van der Waals surface area contributed by atoms with Crippen molar-refractivity contribution in [3.63, 3.8) is 0 Å². The van der Waals surface area contributed by atoms with Gasteiger partial charge in [0.05, 0.1) is 23.6 Å². The Kier molecular flexibility index (Phi) is 4.89. The van der Waals surface area contributed by atoms with E-state index in [1.807, 2.05) is 0 Å². The van der Waals surface area contributed by atoms with Crippen molar-refractivity contribution in [2.75, 3.05) is 12.4 Å². The van der Waals surface area contributed by atoms with Crippen LogP contribution in [0.25, 0.3) is 10.9 Å². The normalized spacial score (nSPS) is 10.6. The SMILES string of the molecule is COC(=O)c1ccc(NC(=O)Cn2c(=O)n(C)c(=O)c3ccccc32)cc1. The lowest BCUT2D eigenvalue weighted by molar-refractivity contribution is -0.116. The minimum Gasteiger partial charge on any atom is -0.465 e. The Hall–Kier alpha value is -3.68. The van der Waals surface area contributed by atoms with Crippen LogP contribution in [0.2, 0.25) is 0 Å². The summed E-state index contributed by atoms with van der Waals surface area (Å²) < 4.78 is 6.84. The number of esters is 1. The van der Waals surface area contributed by atoms with Gasteiger partial charge in [-0.1, -0.05) is 12.1 Å². The molecule has 0 fully saturated rings. The van der Waals surface area contributed by atoms with Crippen molar-refractivity contribution in [2.24, 2.45) is 7.05 Å². The molecule has 1 amide bonds. The average molecular weight is 367 g/mol. The van der Waals surface area contributed by atoms with E-state index >= 15 is 0 Å². The number of aromatic nitrogens is 2. The second-order valence-electron chi connectivity index (χ2n) is 5.87. The smallest absolute Gasteiger partial charge is 0.337 e. The van der Waals surface area contributed by atoms with Gasteiger partial charge in [-0.25, -0.2) is 9.59 Å². The van der Waals surface area contributed by atoms with Gasteiger partial charge in [-0.2, -0.15) is 0 Å². The standard InChI is InChI=1S/C19H17N3O5/c1-21-17(24)14-5-3-4-6-15(14)22(19(21)26)11-16(23)20-13-9-7-12(8-10-13)18(25)27-2/h3-10H,11H2,1-2H3,(H,20,23). The molecule has 0 bridgehead atoms. The summed E-state index contributed by atoms with van der Waals surface area (Å²) in [6.45, 7) is -0.258. The monoisotopic (exact) mass is 367 g/mol. The number of ether oxygens (including phenoxy) is 1. The minimum absolute atomic E-state index is 0.258. The predicted molar refractivity (Wildman–Crippen MR) is 99.9 cm³/mol. The van der Waals surface area contributed by atoms with Crippen LogP contribution in [0, 0.1) is 0 Å². The summed E-state index contributed by atoms with van der Waals surface area (Å²) in [4.78, 5) is 48.5. The van der Waals surface area contributed by atoms with Crippen LogP contribution >= 0.6 is 0 Å². The van der Waals surface area contributed by atoms with Gasteiger partial charge in [0.2, 0.25) is 5.91 Å². The van der Waals surface area contributed by atoms with Crippen molar-refractivity contribution >= 4 is 28.5 Å². The molecular weight excluding hydrogens is 350 g/mol. The van der Waals surface area contributed by atoms with E-state index in [-0.39, 0.29) is 6.54 Å². The Labute approximate surface area is 153 Å². The van der Waals surface area contributed by atoms with E-state index in [0.29, 0.717) is 22.2 Å². The second kappa shape index (κ2) is 7.28. The number of nitrogens with zero attached hydrogens (tertiary/aromatic N) is 2. The maximum absolute atomic E-state index is 12.4. The zero-order valence-corrected chi connectivity index (χ0v) is 14.8. The van der Waals surface area contributed by atoms with Gasteiger partial charge in [0.25, 0.3) is 5.56 Å². The topological polar surface area (TPSA) is 99.4 Å². The Morgan fingerprint density at radius 1 is 1.04 bits per heavy atom. The first-order valence-corrected chi connectivity index (χ1v) is 8.09. The van der Waals surface area contributed by atoms with Gasteiger partial charge < -0.3 is 10.1 Å². The molecule has 0 atom stereocenters. The summed E-state index contributed by atoms with van der Waals surface area (Å²) >= 11 is 0. The summed E-state index contributed by atoms with van der Waals surface area (Å²) in [6, 6.07) is 12.8. The van der Waals surface area contributed by atoms with E-state index in [2.05, 4.69) is 10.1 Å². The van der Waals surface area contributed by atoms with Gasteiger partial charge in [0.15, 0.2) is 0 Å². The molecule has 0 saturated carbocycles. The zero-order chi connectivity index (χ0) is 19.6. The molecule has 0 saturated heterocycles. The lowest BCUT2D eigenvalue weighted by Crippen LogP contribution is -2.40. The molecule has 3 aromatic rings. The molecule has 1 heterocycles. The van der Waals surface area contributed by atoms with E-state index in [9.17, 15) is 19.2 Å². The number of hydrogen-bond donors (Lipinski definition) is 1. The highest BCUT2D eigenvalue weighted by molar-refractivity contribution is 5.93. The fraction of sp³-hybridized carbons (Fsp3) is 0.158. The van der Waals surface area contributed by atoms with Gasteiger partial charge in [0, 0.05) is 12.7 Å². The summed E-state index contributed by atoms with van der Waals surface area (Å²) in [7, 11) is 2.66. The zero-order valence-electron chi connectivity index (χ0n) is 14.8. The summed E-state index contributed by atoms with van der Waals surface area (Å²) in [5, 5.41) is 3.02. The van der Waals surface area contributed by atoms with Crippen LogP contribution in [0.15, 0.2) is 58.1 Å². The Bertz CT molecular complexity index is 1140. The van der Waals surface area contributed by atoms with Crippen LogP contribution in [0.1, 0.15) is 10.4 Å². The first-order valence-electron chi connectivity index (χ1n) is 8.09. The van der Waals surface area contributed by atoms with Crippen molar-refractivity contribution in [3.8, 4) is 0 Å². The average Bonchev–Trinajstić information content (AvgIpc) is 2.69.